The van der Waals surface area contributed by atoms with Crippen LogP contribution in [0.1, 0.15) is 23.7 Å². The molecule has 1 unspecified atom stereocenters. The molecule has 0 bridgehead atoms. The third kappa shape index (κ3) is 1.91. The molecule has 1 aliphatic carbocycles. The Morgan fingerprint density at radius 1 is 1.29 bits per heavy atom. The Bertz CT molecular complexity index is 361. The summed E-state index contributed by atoms with van der Waals surface area (Å²) in [5.74, 6) is 0. The topological polar surface area (TPSA) is 0 Å². The zero-order valence-corrected chi connectivity index (χ0v) is 10.5. The molecule has 0 aromatic heterocycles. The van der Waals surface area contributed by atoms with Crippen molar-refractivity contribution in [1.29, 1.82) is 0 Å². The van der Waals surface area contributed by atoms with Gasteiger partial charge >= 0.3 is 18.9 Å². The zero-order valence-electron chi connectivity index (χ0n) is 10.5. The molecule has 0 aliphatic heterocycles. The van der Waals surface area contributed by atoms with Crippen molar-refractivity contribution in [2.45, 2.75) is 25.6 Å². The molecule has 1 atom stereocenters. The minimum absolute atomic E-state index is 0. The van der Waals surface area contributed by atoms with E-state index in [9.17, 15) is 0 Å². The first-order valence-electron chi connectivity index (χ1n) is 4.78. The van der Waals surface area contributed by atoms with Gasteiger partial charge in [0.2, 0.25) is 0 Å². The summed E-state index contributed by atoms with van der Waals surface area (Å²) in [6, 6.07) is 6.66. The molecule has 0 saturated heterocycles. The van der Waals surface area contributed by atoms with Gasteiger partial charge in [-0.05, 0) is 29.2 Å². The van der Waals surface area contributed by atoms with Gasteiger partial charge in [0.1, 0.15) is 0 Å². The van der Waals surface area contributed by atoms with Crippen LogP contribution < -0.4 is 18.9 Å². The minimum Gasteiger partial charge on any atom is -1.00 e. The van der Waals surface area contributed by atoms with Gasteiger partial charge in [0, 0.05) is 0 Å². The number of hydrogen-bond donors (Lipinski definition) is 0. The molecule has 0 amide bonds. The fourth-order valence-corrected chi connectivity index (χ4v) is 3.36. The second-order valence-electron chi connectivity index (χ2n) is 3.99. The Morgan fingerprint density at radius 2 is 2.00 bits per heavy atom. The van der Waals surface area contributed by atoms with Crippen LogP contribution in [0.15, 0.2) is 24.3 Å². The van der Waals surface area contributed by atoms with E-state index in [0.717, 1.165) is 5.54 Å². The van der Waals surface area contributed by atoms with Gasteiger partial charge in [-0.2, -0.15) is 0 Å². The molecule has 1 aromatic rings. The van der Waals surface area contributed by atoms with Crippen molar-refractivity contribution in [3.63, 3.8) is 0 Å². The van der Waals surface area contributed by atoms with Gasteiger partial charge in [0.05, 0.1) is 8.80 Å². The summed E-state index contributed by atoms with van der Waals surface area (Å²) in [6.45, 7) is 6.97. The summed E-state index contributed by atoms with van der Waals surface area (Å²) in [7, 11) is -0.227. The van der Waals surface area contributed by atoms with E-state index in [2.05, 4.69) is 50.4 Å². The maximum absolute atomic E-state index is 2.39. The van der Waals surface area contributed by atoms with Crippen molar-refractivity contribution in [3.05, 3.63) is 41.0 Å². The number of fused-ring (bicyclic) bond motifs is 1. The summed E-state index contributed by atoms with van der Waals surface area (Å²) in [5, 5.41) is 0. The first-order chi connectivity index (χ1) is 6.20. The molecule has 0 N–H and O–H groups in total. The van der Waals surface area contributed by atoms with Gasteiger partial charge in [-0.15, -0.1) is 0 Å². The normalized spacial score (nSPS) is 18.1. The van der Waals surface area contributed by atoms with Crippen LogP contribution in [0, 0.1) is 6.92 Å². The van der Waals surface area contributed by atoms with Crippen molar-refractivity contribution in [1.82, 2.24) is 0 Å². The number of aryl methyl sites for hydroxylation is 1. The summed E-state index contributed by atoms with van der Waals surface area (Å²) < 4.78 is 0. The van der Waals surface area contributed by atoms with Gasteiger partial charge < -0.3 is 1.43 Å². The zero-order chi connectivity index (χ0) is 9.42. The van der Waals surface area contributed by atoms with Crippen LogP contribution in [0.3, 0.4) is 0 Å². The fourth-order valence-electron chi connectivity index (χ4n) is 2.00. The van der Waals surface area contributed by atoms with Crippen LogP contribution in [0.4, 0.5) is 0 Å². The molecule has 1 aliphatic rings. The second kappa shape index (κ2) is 4.53. The van der Waals surface area contributed by atoms with E-state index in [1.807, 2.05) is 0 Å². The minimum atomic E-state index is -0.227. The van der Waals surface area contributed by atoms with E-state index in [1.165, 1.54) is 11.1 Å². The van der Waals surface area contributed by atoms with Crippen molar-refractivity contribution in [2.24, 2.45) is 0 Å². The predicted molar refractivity (Wildman–Crippen MR) is 61.5 cm³/mol. The number of rotatable bonds is 1. The van der Waals surface area contributed by atoms with Gasteiger partial charge in [0.25, 0.3) is 0 Å². The van der Waals surface area contributed by atoms with E-state index in [0.29, 0.717) is 0 Å². The van der Waals surface area contributed by atoms with E-state index < -0.39 is 0 Å². The molecular weight excluding hydrogens is 179 g/mol. The molecule has 69 valence electrons. The number of allylic oxidation sites excluding steroid dienone is 1. The van der Waals surface area contributed by atoms with Gasteiger partial charge in [-0.3, -0.25) is 0 Å². The summed E-state index contributed by atoms with van der Waals surface area (Å²) >= 11 is 0. The molecule has 0 heterocycles. The Morgan fingerprint density at radius 3 is 2.64 bits per heavy atom. The monoisotopic (exact) mass is 195 g/mol. The molecule has 1 aromatic carbocycles. The summed E-state index contributed by atoms with van der Waals surface area (Å²) in [4.78, 5) is 0. The van der Waals surface area contributed by atoms with E-state index in [4.69, 9.17) is 0 Å². The van der Waals surface area contributed by atoms with Crippen molar-refractivity contribution in [3.8, 4) is 0 Å². The summed E-state index contributed by atoms with van der Waals surface area (Å²) in [5.41, 5.74) is 5.18. The second-order valence-corrected chi connectivity index (χ2v) is 6.77. The first kappa shape index (κ1) is 11.8. The van der Waals surface area contributed by atoms with Crippen LogP contribution >= 0.6 is 0 Å². The van der Waals surface area contributed by atoms with Crippen LogP contribution in [-0.4, -0.2) is 8.80 Å². The molecule has 1 radical (unpaired) electrons. The molecular formula is C12H16LiSi. The molecule has 2 heteroatoms. The first-order valence-corrected chi connectivity index (χ1v) is 7.35. The maximum atomic E-state index is 2.39. The molecule has 0 saturated carbocycles. The third-order valence-corrected chi connectivity index (χ3v) is 4.52. The van der Waals surface area contributed by atoms with Crippen molar-refractivity contribution < 1.29 is 20.3 Å². The Balaban J connectivity index is 0.000000980. The average molecular weight is 195 g/mol. The maximum Gasteiger partial charge on any atom is 1.00 e. The molecule has 0 nitrogen and oxygen atoms in total. The molecule has 2 rings (SSSR count). The standard InChI is InChI=1S/C12H15Si.Li.H/c1-9-5-4-6-11-10(9)7-8-12(11)13(2)3;;/h4-8,12H,1-3H3;;/q;+1;-1. The van der Waals surface area contributed by atoms with Crippen LogP contribution in [-0.2, 0) is 0 Å². The Labute approximate surface area is 102 Å². The van der Waals surface area contributed by atoms with Crippen LogP contribution in [0.25, 0.3) is 6.08 Å². The number of hydrogen-bond acceptors (Lipinski definition) is 0. The molecule has 0 fully saturated rings. The van der Waals surface area contributed by atoms with E-state index in [-0.39, 0.29) is 29.1 Å². The van der Waals surface area contributed by atoms with Crippen molar-refractivity contribution in [2.75, 3.05) is 0 Å². The van der Waals surface area contributed by atoms with Crippen molar-refractivity contribution >= 4 is 14.9 Å². The van der Waals surface area contributed by atoms with Crippen LogP contribution in [0.2, 0.25) is 13.1 Å². The predicted octanol–water partition coefficient (Wildman–Crippen LogP) is 0.516. The SMILES string of the molecule is Cc1cccc2c1C=CC2[Si](C)C.[H-].[Li+]. The molecule has 14 heavy (non-hydrogen) atoms. The smallest absolute Gasteiger partial charge is 1.00 e. The third-order valence-electron chi connectivity index (χ3n) is 2.77. The van der Waals surface area contributed by atoms with E-state index in [1.54, 1.807) is 5.56 Å². The quantitative estimate of drug-likeness (QED) is 0.573. The molecule has 0 spiro atoms. The van der Waals surface area contributed by atoms with Gasteiger partial charge in [-0.25, -0.2) is 0 Å². The Hall–Kier alpha value is -0.226. The average Bonchev–Trinajstić information content (AvgIpc) is 2.48. The largest absolute Gasteiger partial charge is 1.00 e. The fraction of sp³-hybridized carbons (Fsp3) is 0.333. The number of benzene rings is 1. The van der Waals surface area contributed by atoms with Gasteiger partial charge in [-0.1, -0.05) is 43.4 Å². The Kier molecular flexibility index (Phi) is 3.83. The van der Waals surface area contributed by atoms with E-state index >= 15 is 0 Å². The van der Waals surface area contributed by atoms with Crippen LogP contribution in [0.5, 0.6) is 0 Å². The summed E-state index contributed by atoms with van der Waals surface area (Å²) in [6.07, 6.45) is 4.68. The van der Waals surface area contributed by atoms with Gasteiger partial charge in [0.15, 0.2) is 0 Å².